The van der Waals surface area contributed by atoms with Gasteiger partial charge in [-0.05, 0) is 24.6 Å². The van der Waals surface area contributed by atoms with Gasteiger partial charge in [-0.15, -0.1) is 11.6 Å². The number of fused-ring (bicyclic) bond motifs is 1. The standard InChI is InChI=1S/C13H13Cl2N3O/c14-6-12-17-10-5-8(15)1-3-11(10)18(12)7-9-2-4-13(19)16-9/h1,3,5,9H,2,4,6-7H2,(H,16,19). The molecule has 3 rings (SSSR count). The number of nitrogens with one attached hydrogen (secondary N) is 1. The summed E-state index contributed by atoms with van der Waals surface area (Å²) in [5, 5.41) is 3.62. The SMILES string of the molecule is O=C1CCC(Cn2c(CCl)nc3cc(Cl)ccc32)N1. The third-order valence-electron chi connectivity index (χ3n) is 3.40. The fraction of sp³-hybridized carbons (Fsp3) is 0.385. The van der Waals surface area contributed by atoms with Gasteiger partial charge in [-0.1, -0.05) is 11.6 Å². The Hall–Kier alpha value is -1.26. The highest BCUT2D eigenvalue weighted by atomic mass is 35.5. The summed E-state index contributed by atoms with van der Waals surface area (Å²) in [6.07, 6.45) is 1.45. The molecule has 1 aromatic heterocycles. The van der Waals surface area contributed by atoms with E-state index in [2.05, 4.69) is 14.9 Å². The van der Waals surface area contributed by atoms with Gasteiger partial charge in [0.05, 0.1) is 16.9 Å². The number of nitrogens with zero attached hydrogens (tertiary/aromatic N) is 2. The lowest BCUT2D eigenvalue weighted by Gasteiger charge is -2.13. The second-order valence-electron chi connectivity index (χ2n) is 4.71. The van der Waals surface area contributed by atoms with Crippen molar-refractivity contribution in [3.05, 3.63) is 29.0 Å². The van der Waals surface area contributed by atoms with E-state index in [4.69, 9.17) is 23.2 Å². The average Bonchev–Trinajstić information content (AvgIpc) is 2.94. The predicted molar refractivity (Wildman–Crippen MR) is 75.5 cm³/mol. The summed E-state index contributed by atoms with van der Waals surface area (Å²) in [6, 6.07) is 5.77. The van der Waals surface area contributed by atoms with E-state index in [0.29, 0.717) is 23.9 Å². The van der Waals surface area contributed by atoms with Crippen molar-refractivity contribution >= 4 is 40.1 Å². The van der Waals surface area contributed by atoms with Gasteiger partial charge in [0, 0.05) is 24.0 Å². The smallest absolute Gasteiger partial charge is 0.220 e. The van der Waals surface area contributed by atoms with E-state index in [9.17, 15) is 4.79 Å². The number of imidazole rings is 1. The first-order chi connectivity index (χ1) is 9.17. The minimum atomic E-state index is 0.116. The molecule has 0 radical (unpaired) electrons. The number of halogens is 2. The van der Waals surface area contributed by atoms with Gasteiger partial charge in [0.25, 0.3) is 0 Å². The number of hydrogen-bond donors (Lipinski definition) is 1. The Morgan fingerprint density at radius 3 is 3.00 bits per heavy atom. The fourth-order valence-electron chi connectivity index (χ4n) is 2.49. The zero-order valence-electron chi connectivity index (χ0n) is 10.2. The van der Waals surface area contributed by atoms with Gasteiger partial charge >= 0.3 is 0 Å². The molecule has 19 heavy (non-hydrogen) atoms. The van der Waals surface area contributed by atoms with Crippen molar-refractivity contribution in [1.82, 2.24) is 14.9 Å². The van der Waals surface area contributed by atoms with Crippen LogP contribution < -0.4 is 5.32 Å². The van der Waals surface area contributed by atoms with Crippen molar-refractivity contribution in [3.63, 3.8) is 0 Å². The molecule has 1 aromatic carbocycles. The summed E-state index contributed by atoms with van der Waals surface area (Å²) in [6.45, 7) is 0.700. The van der Waals surface area contributed by atoms with Crippen molar-refractivity contribution in [1.29, 1.82) is 0 Å². The number of alkyl halides is 1. The van der Waals surface area contributed by atoms with Crippen LogP contribution in [0.15, 0.2) is 18.2 Å². The summed E-state index contributed by atoms with van der Waals surface area (Å²) < 4.78 is 2.06. The molecule has 1 fully saturated rings. The molecular formula is C13H13Cl2N3O. The Kier molecular flexibility index (Phi) is 3.37. The lowest BCUT2D eigenvalue weighted by Crippen LogP contribution is -2.30. The molecule has 1 unspecified atom stereocenters. The Morgan fingerprint density at radius 2 is 2.32 bits per heavy atom. The third kappa shape index (κ3) is 2.42. The molecule has 4 nitrogen and oxygen atoms in total. The van der Waals surface area contributed by atoms with Gasteiger partial charge in [-0.3, -0.25) is 4.79 Å². The summed E-state index contributed by atoms with van der Waals surface area (Å²) in [4.78, 5) is 15.8. The third-order valence-corrected chi connectivity index (χ3v) is 3.87. The van der Waals surface area contributed by atoms with Gasteiger partial charge in [0.15, 0.2) is 0 Å². The molecule has 0 bridgehead atoms. The van der Waals surface area contributed by atoms with Crippen molar-refractivity contribution < 1.29 is 4.79 Å². The highest BCUT2D eigenvalue weighted by molar-refractivity contribution is 6.31. The van der Waals surface area contributed by atoms with E-state index in [1.54, 1.807) is 0 Å². The van der Waals surface area contributed by atoms with Gasteiger partial charge in [-0.2, -0.15) is 0 Å². The van der Waals surface area contributed by atoms with Crippen LogP contribution >= 0.6 is 23.2 Å². The van der Waals surface area contributed by atoms with Crippen LogP contribution in [0, 0.1) is 0 Å². The molecule has 0 spiro atoms. The first kappa shape index (κ1) is 12.8. The number of carbonyl (C=O) groups is 1. The van der Waals surface area contributed by atoms with E-state index in [-0.39, 0.29) is 11.9 Å². The number of aromatic nitrogens is 2. The van der Waals surface area contributed by atoms with E-state index < -0.39 is 0 Å². The second kappa shape index (κ2) is 5.02. The molecule has 1 aliphatic rings. The Bertz CT molecular complexity index is 638. The Balaban J connectivity index is 1.98. The molecule has 1 amide bonds. The highest BCUT2D eigenvalue weighted by Gasteiger charge is 2.22. The summed E-state index contributed by atoms with van der Waals surface area (Å²) in [5.74, 6) is 1.26. The van der Waals surface area contributed by atoms with E-state index in [0.717, 1.165) is 23.3 Å². The lowest BCUT2D eigenvalue weighted by atomic mass is 10.2. The van der Waals surface area contributed by atoms with Crippen molar-refractivity contribution in [3.8, 4) is 0 Å². The van der Waals surface area contributed by atoms with E-state index in [1.165, 1.54) is 0 Å². The first-order valence-corrected chi connectivity index (χ1v) is 7.08. The summed E-state index contributed by atoms with van der Waals surface area (Å²) in [5.41, 5.74) is 1.84. The van der Waals surface area contributed by atoms with Crippen LogP contribution in [0.5, 0.6) is 0 Å². The number of amides is 1. The monoisotopic (exact) mass is 297 g/mol. The second-order valence-corrected chi connectivity index (χ2v) is 5.41. The number of hydrogen-bond acceptors (Lipinski definition) is 2. The van der Waals surface area contributed by atoms with Gasteiger partial charge in [-0.25, -0.2) is 4.98 Å². The van der Waals surface area contributed by atoms with E-state index in [1.807, 2.05) is 18.2 Å². The lowest BCUT2D eigenvalue weighted by molar-refractivity contribution is -0.119. The zero-order chi connectivity index (χ0) is 13.4. The zero-order valence-corrected chi connectivity index (χ0v) is 11.7. The Morgan fingerprint density at radius 1 is 1.47 bits per heavy atom. The quantitative estimate of drug-likeness (QED) is 0.886. The van der Waals surface area contributed by atoms with Crippen LogP contribution in [0.2, 0.25) is 5.02 Å². The highest BCUT2D eigenvalue weighted by Crippen LogP contribution is 2.23. The topological polar surface area (TPSA) is 46.9 Å². The molecular weight excluding hydrogens is 285 g/mol. The Labute approximate surface area is 120 Å². The molecule has 1 atom stereocenters. The van der Waals surface area contributed by atoms with E-state index >= 15 is 0 Å². The maximum Gasteiger partial charge on any atom is 0.220 e. The number of carbonyl (C=O) groups excluding carboxylic acids is 1. The fourth-order valence-corrected chi connectivity index (χ4v) is 2.86. The first-order valence-electron chi connectivity index (χ1n) is 6.17. The largest absolute Gasteiger partial charge is 0.352 e. The normalized spacial score (nSPS) is 19.1. The maximum absolute atomic E-state index is 11.3. The van der Waals surface area contributed by atoms with Gasteiger partial charge in [0.1, 0.15) is 5.82 Å². The average molecular weight is 298 g/mol. The molecule has 100 valence electrons. The molecule has 2 heterocycles. The van der Waals surface area contributed by atoms with Crippen LogP contribution in [0.1, 0.15) is 18.7 Å². The molecule has 2 aromatic rings. The summed E-state index contributed by atoms with van der Waals surface area (Å²) >= 11 is 11.9. The van der Waals surface area contributed by atoms with Gasteiger partial charge in [0.2, 0.25) is 5.91 Å². The van der Waals surface area contributed by atoms with Crippen LogP contribution in [-0.4, -0.2) is 21.5 Å². The minimum Gasteiger partial charge on any atom is -0.352 e. The number of rotatable bonds is 3. The van der Waals surface area contributed by atoms with Crippen LogP contribution in [0.25, 0.3) is 11.0 Å². The van der Waals surface area contributed by atoms with Crippen LogP contribution in [0.4, 0.5) is 0 Å². The van der Waals surface area contributed by atoms with Crippen LogP contribution in [0.3, 0.4) is 0 Å². The van der Waals surface area contributed by atoms with Gasteiger partial charge < -0.3 is 9.88 Å². The predicted octanol–water partition coefficient (Wildman–Crippen LogP) is 2.71. The number of benzene rings is 1. The van der Waals surface area contributed by atoms with Crippen molar-refractivity contribution in [2.75, 3.05) is 0 Å². The minimum absolute atomic E-state index is 0.116. The summed E-state index contributed by atoms with van der Waals surface area (Å²) in [7, 11) is 0. The molecule has 6 heteroatoms. The molecule has 0 saturated carbocycles. The van der Waals surface area contributed by atoms with Crippen molar-refractivity contribution in [2.24, 2.45) is 0 Å². The maximum atomic E-state index is 11.3. The molecule has 1 aliphatic heterocycles. The van der Waals surface area contributed by atoms with Crippen molar-refractivity contribution in [2.45, 2.75) is 31.3 Å². The molecule has 0 aliphatic carbocycles. The molecule has 1 N–H and O–H groups in total. The van der Waals surface area contributed by atoms with Crippen LogP contribution in [-0.2, 0) is 17.2 Å². The molecule has 1 saturated heterocycles.